The Morgan fingerprint density at radius 3 is 2.68 bits per heavy atom. The summed E-state index contributed by atoms with van der Waals surface area (Å²) in [6, 6.07) is 11.8. The van der Waals surface area contributed by atoms with Crippen LogP contribution in [0.15, 0.2) is 46.9 Å². The van der Waals surface area contributed by atoms with E-state index in [-0.39, 0.29) is 17.3 Å². The van der Waals surface area contributed by atoms with E-state index in [0.29, 0.717) is 17.8 Å². The number of anilines is 2. The molecule has 0 aliphatic rings. The number of rotatable bonds is 4. The Balaban J connectivity index is 1.77. The zero-order chi connectivity index (χ0) is 18.0. The highest BCUT2D eigenvalue weighted by Crippen LogP contribution is 2.18. The number of amides is 1. The summed E-state index contributed by atoms with van der Waals surface area (Å²) in [5.41, 5.74) is 8.11. The van der Waals surface area contributed by atoms with Crippen molar-refractivity contribution in [2.45, 2.75) is 13.5 Å². The highest BCUT2D eigenvalue weighted by atomic mass is 79.9. The second-order valence-electron chi connectivity index (χ2n) is 5.52. The summed E-state index contributed by atoms with van der Waals surface area (Å²) in [6.45, 7) is 2.10. The number of benzene rings is 2. The van der Waals surface area contributed by atoms with Gasteiger partial charge in [-0.15, -0.1) is 5.10 Å². The Hall–Kier alpha value is -2.74. The molecule has 0 aliphatic heterocycles. The molecule has 1 heterocycles. The Labute approximate surface area is 152 Å². The fourth-order valence-corrected chi connectivity index (χ4v) is 2.57. The number of nitrogens with zero attached hydrogens (tertiary/aromatic N) is 3. The van der Waals surface area contributed by atoms with E-state index in [2.05, 4.69) is 31.6 Å². The van der Waals surface area contributed by atoms with E-state index in [4.69, 9.17) is 5.73 Å². The second-order valence-corrected chi connectivity index (χ2v) is 6.44. The molecule has 0 radical (unpaired) electrons. The maximum Gasteiger partial charge on any atom is 0.280 e. The van der Waals surface area contributed by atoms with Crippen LogP contribution in [0.3, 0.4) is 0 Å². The minimum absolute atomic E-state index is 0.0286. The SMILES string of the molecule is Cc1cc(F)ccc1NC(=O)c1nnn(Cc2ccc(Br)cc2)c1N. The maximum atomic E-state index is 13.1. The summed E-state index contributed by atoms with van der Waals surface area (Å²) in [6.07, 6.45) is 0. The molecule has 8 heteroatoms. The summed E-state index contributed by atoms with van der Waals surface area (Å²) >= 11 is 3.37. The number of carbonyl (C=O) groups is 1. The summed E-state index contributed by atoms with van der Waals surface area (Å²) in [5, 5.41) is 10.5. The maximum absolute atomic E-state index is 13.1. The van der Waals surface area contributed by atoms with Gasteiger partial charge in [0.2, 0.25) is 0 Å². The molecule has 0 bridgehead atoms. The third-order valence-electron chi connectivity index (χ3n) is 3.67. The van der Waals surface area contributed by atoms with Crippen molar-refractivity contribution in [2.75, 3.05) is 11.1 Å². The Bertz CT molecular complexity index is 923. The average molecular weight is 404 g/mol. The number of hydrogen-bond donors (Lipinski definition) is 2. The number of nitrogen functional groups attached to an aromatic ring is 1. The summed E-state index contributed by atoms with van der Waals surface area (Å²) < 4.78 is 15.6. The van der Waals surface area contributed by atoms with Crippen LogP contribution in [0.1, 0.15) is 21.6 Å². The average Bonchev–Trinajstić information content (AvgIpc) is 2.93. The topological polar surface area (TPSA) is 85.8 Å². The van der Waals surface area contributed by atoms with Gasteiger partial charge in [-0.2, -0.15) is 0 Å². The lowest BCUT2D eigenvalue weighted by atomic mass is 10.2. The molecular weight excluding hydrogens is 389 g/mol. The van der Waals surface area contributed by atoms with Gasteiger partial charge >= 0.3 is 0 Å². The number of aromatic nitrogens is 3. The van der Waals surface area contributed by atoms with Crippen molar-refractivity contribution < 1.29 is 9.18 Å². The predicted molar refractivity (Wildman–Crippen MR) is 96.8 cm³/mol. The van der Waals surface area contributed by atoms with Crippen molar-refractivity contribution in [3.05, 3.63) is 69.6 Å². The molecule has 0 unspecified atom stereocenters. The first-order valence-corrected chi connectivity index (χ1v) is 8.24. The molecule has 1 aromatic heterocycles. The van der Waals surface area contributed by atoms with Gasteiger partial charge in [0.25, 0.3) is 5.91 Å². The molecule has 0 saturated carbocycles. The molecule has 0 saturated heterocycles. The van der Waals surface area contributed by atoms with E-state index in [0.717, 1.165) is 10.0 Å². The minimum atomic E-state index is -0.491. The second kappa shape index (κ2) is 7.02. The van der Waals surface area contributed by atoms with Crippen LogP contribution in [0.5, 0.6) is 0 Å². The van der Waals surface area contributed by atoms with Gasteiger partial charge in [-0.25, -0.2) is 9.07 Å². The van der Waals surface area contributed by atoms with Crippen molar-refractivity contribution in [1.82, 2.24) is 15.0 Å². The molecule has 3 rings (SSSR count). The number of nitrogens with one attached hydrogen (secondary N) is 1. The van der Waals surface area contributed by atoms with Gasteiger partial charge in [0, 0.05) is 10.2 Å². The lowest BCUT2D eigenvalue weighted by molar-refractivity contribution is 0.102. The lowest BCUT2D eigenvalue weighted by Gasteiger charge is -2.07. The van der Waals surface area contributed by atoms with Gasteiger partial charge in [-0.05, 0) is 48.4 Å². The quantitative estimate of drug-likeness (QED) is 0.698. The first kappa shape index (κ1) is 17.1. The molecule has 0 fully saturated rings. The fraction of sp³-hybridized carbons (Fsp3) is 0.118. The number of aryl methyl sites for hydroxylation is 1. The van der Waals surface area contributed by atoms with E-state index in [1.807, 2.05) is 24.3 Å². The Kier molecular flexibility index (Phi) is 4.80. The molecule has 3 aromatic rings. The number of halogens is 2. The van der Waals surface area contributed by atoms with Gasteiger partial charge < -0.3 is 11.1 Å². The molecule has 1 amide bonds. The summed E-state index contributed by atoms with van der Waals surface area (Å²) in [4.78, 5) is 12.4. The van der Waals surface area contributed by atoms with Crippen LogP contribution in [-0.2, 0) is 6.54 Å². The normalized spacial score (nSPS) is 10.7. The van der Waals surface area contributed by atoms with E-state index in [1.165, 1.54) is 22.9 Å². The molecule has 25 heavy (non-hydrogen) atoms. The van der Waals surface area contributed by atoms with Crippen LogP contribution in [0, 0.1) is 12.7 Å². The molecule has 0 spiro atoms. The third-order valence-corrected chi connectivity index (χ3v) is 4.20. The predicted octanol–water partition coefficient (Wildman–Crippen LogP) is 3.37. The monoisotopic (exact) mass is 403 g/mol. The van der Waals surface area contributed by atoms with Gasteiger partial charge in [0.15, 0.2) is 11.5 Å². The molecule has 0 aliphatic carbocycles. The fourth-order valence-electron chi connectivity index (χ4n) is 2.31. The van der Waals surface area contributed by atoms with E-state index >= 15 is 0 Å². The largest absolute Gasteiger partial charge is 0.382 e. The number of nitrogens with two attached hydrogens (primary N) is 1. The molecule has 2 aromatic carbocycles. The van der Waals surface area contributed by atoms with Crippen LogP contribution in [0.4, 0.5) is 15.9 Å². The van der Waals surface area contributed by atoms with Gasteiger partial charge in [-0.3, -0.25) is 4.79 Å². The van der Waals surface area contributed by atoms with E-state index in [1.54, 1.807) is 6.92 Å². The molecular formula is C17H15BrFN5O. The van der Waals surface area contributed by atoms with Crippen LogP contribution in [-0.4, -0.2) is 20.9 Å². The van der Waals surface area contributed by atoms with Crippen molar-refractivity contribution in [1.29, 1.82) is 0 Å². The van der Waals surface area contributed by atoms with Crippen LogP contribution >= 0.6 is 15.9 Å². The summed E-state index contributed by atoms with van der Waals surface area (Å²) in [5.74, 6) is -0.690. The van der Waals surface area contributed by atoms with Crippen molar-refractivity contribution >= 4 is 33.3 Å². The van der Waals surface area contributed by atoms with Crippen LogP contribution in [0.2, 0.25) is 0 Å². The van der Waals surface area contributed by atoms with Crippen molar-refractivity contribution in [2.24, 2.45) is 0 Å². The van der Waals surface area contributed by atoms with Crippen molar-refractivity contribution in [3.8, 4) is 0 Å². The molecule has 3 N–H and O–H groups in total. The van der Waals surface area contributed by atoms with Gasteiger partial charge in [0.05, 0.1) is 6.54 Å². The van der Waals surface area contributed by atoms with Crippen LogP contribution in [0.25, 0.3) is 0 Å². The van der Waals surface area contributed by atoms with Crippen molar-refractivity contribution in [3.63, 3.8) is 0 Å². The lowest BCUT2D eigenvalue weighted by Crippen LogP contribution is -2.16. The minimum Gasteiger partial charge on any atom is -0.382 e. The molecule has 0 atom stereocenters. The summed E-state index contributed by atoms with van der Waals surface area (Å²) in [7, 11) is 0. The van der Waals surface area contributed by atoms with E-state index in [9.17, 15) is 9.18 Å². The molecule has 6 nitrogen and oxygen atoms in total. The standard InChI is InChI=1S/C17H15BrFN5O/c1-10-8-13(19)6-7-14(10)21-17(25)15-16(20)24(23-22-15)9-11-2-4-12(18)5-3-11/h2-8H,9,20H2,1H3,(H,21,25). The highest BCUT2D eigenvalue weighted by Gasteiger charge is 2.18. The first-order valence-electron chi connectivity index (χ1n) is 7.45. The van der Waals surface area contributed by atoms with E-state index < -0.39 is 5.91 Å². The molecule has 128 valence electrons. The third kappa shape index (κ3) is 3.85. The smallest absolute Gasteiger partial charge is 0.280 e. The number of hydrogen-bond acceptors (Lipinski definition) is 4. The zero-order valence-electron chi connectivity index (χ0n) is 13.3. The Morgan fingerprint density at radius 2 is 2.00 bits per heavy atom. The van der Waals surface area contributed by atoms with Gasteiger partial charge in [-0.1, -0.05) is 33.3 Å². The Morgan fingerprint density at radius 1 is 1.28 bits per heavy atom. The van der Waals surface area contributed by atoms with Gasteiger partial charge in [0.1, 0.15) is 5.82 Å². The zero-order valence-corrected chi connectivity index (χ0v) is 14.9. The first-order chi connectivity index (χ1) is 11.9. The highest BCUT2D eigenvalue weighted by molar-refractivity contribution is 9.10. The number of carbonyl (C=O) groups excluding carboxylic acids is 1. The van der Waals surface area contributed by atoms with Crippen LogP contribution < -0.4 is 11.1 Å².